The van der Waals surface area contributed by atoms with Crippen LogP contribution in [0.5, 0.6) is 5.75 Å². The van der Waals surface area contributed by atoms with Gasteiger partial charge >= 0.3 is 0 Å². The number of carbonyl (C=O) groups is 1. The lowest BCUT2D eigenvalue weighted by molar-refractivity contribution is -0.927. The van der Waals surface area contributed by atoms with Crippen molar-refractivity contribution in [3.8, 4) is 5.75 Å². The number of piperazine rings is 1. The van der Waals surface area contributed by atoms with Gasteiger partial charge < -0.3 is 14.5 Å². The van der Waals surface area contributed by atoms with Crippen molar-refractivity contribution >= 4 is 5.91 Å². The first-order valence-electron chi connectivity index (χ1n) is 7.43. The van der Waals surface area contributed by atoms with Crippen molar-refractivity contribution in [1.82, 2.24) is 4.90 Å². The minimum absolute atomic E-state index is 0.135. The van der Waals surface area contributed by atoms with E-state index in [4.69, 9.17) is 4.74 Å². The van der Waals surface area contributed by atoms with Gasteiger partial charge in [-0.05, 0) is 37.6 Å². The van der Waals surface area contributed by atoms with E-state index in [9.17, 15) is 4.79 Å². The van der Waals surface area contributed by atoms with Gasteiger partial charge in [0.2, 0.25) is 0 Å². The minimum Gasteiger partial charge on any atom is -0.497 e. The molecule has 1 aromatic carbocycles. The van der Waals surface area contributed by atoms with Crippen molar-refractivity contribution in [2.24, 2.45) is 0 Å². The molecule has 0 bridgehead atoms. The number of rotatable bonds is 4. The lowest BCUT2D eigenvalue weighted by atomic mass is 10.1. The first kappa shape index (κ1) is 14.9. The number of quaternary nitrogens is 1. The van der Waals surface area contributed by atoms with Crippen LogP contribution in [-0.4, -0.2) is 50.1 Å². The molecule has 4 nitrogen and oxygen atoms in total. The highest BCUT2D eigenvalue weighted by atomic mass is 16.5. The second-order valence-corrected chi connectivity index (χ2v) is 5.49. The van der Waals surface area contributed by atoms with Crippen molar-refractivity contribution in [3.05, 3.63) is 29.8 Å². The zero-order chi connectivity index (χ0) is 14.5. The van der Waals surface area contributed by atoms with Crippen LogP contribution in [0.4, 0.5) is 0 Å². The van der Waals surface area contributed by atoms with E-state index in [0.29, 0.717) is 6.04 Å². The molecule has 0 radical (unpaired) electrons. The van der Waals surface area contributed by atoms with Gasteiger partial charge in [0.1, 0.15) is 5.75 Å². The Labute approximate surface area is 121 Å². The summed E-state index contributed by atoms with van der Waals surface area (Å²) in [5.41, 5.74) is 0.748. The van der Waals surface area contributed by atoms with E-state index < -0.39 is 0 Å². The van der Waals surface area contributed by atoms with E-state index in [2.05, 4.69) is 13.8 Å². The summed E-state index contributed by atoms with van der Waals surface area (Å²) >= 11 is 0. The van der Waals surface area contributed by atoms with Crippen LogP contribution >= 0.6 is 0 Å². The monoisotopic (exact) mass is 277 g/mol. The van der Waals surface area contributed by atoms with Gasteiger partial charge in [-0.1, -0.05) is 6.92 Å². The number of nitrogens with one attached hydrogen (secondary N) is 1. The normalized spacial score (nSPS) is 17.9. The van der Waals surface area contributed by atoms with Crippen molar-refractivity contribution in [2.75, 3.05) is 33.3 Å². The molecule has 1 heterocycles. The Morgan fingerprint density at radius 2 is 1.90 bits per heavy atom. The number of amides is 1. The predicted octanol–water partition coefficient (Wildman–Crippen LogP) is 0.834. The zero-order valence-corrected chi connectivity index (χ0v) is 12.7. The van der Waals surface area contributed by atoms with Crippen LogP contribution in [0.15, 0.2) is 24.3 Å². The maximum Gasteiger partial charge on any atom is 0.254 e. The zero-order valence-electron chi connectivity index (χ0n) is 12.7. The summed E-state index contributed by atoms with van der Waals surface area (Å²) in [4.78, 5) is 16.0. The molecule has 1 saturated heterocycles. The molecule has 1 aliphatic heterocycles. The minimum atomic E-state index is 0.135. The van der Waals surface area contributed by atoms with E-state index in [1.165, 1.54) is 6.42 Å². The summed E-state index contributed by atoms with van der Waals surface area (Å²) in [6.07, 6.45) is 1.20. The molecule has 1 amide bonds. The van der Waals surface area contributed by atoms with Gasteiger partial charge in [-0.15, -0.1) is 0 Å². The van der Waals surface area contributed by atoms with E-state index in [-0.39, 0.29) is 5.91 Å². The van der Waals surface area contributed by atoms with Gasteiger partial charge in [0, 0.05) is 5.56 Å². The van der Waals surface area contributed by atoms with Crippen LogP contribution in [0.25, 0.3) is 0 Å². The fraction of sp³-hybridized carbons (Fsp3) is 0.562. The third-order valence-electron chi connectivity index (χ3n) is 4.34. The van der Waals surface area contributed by atoms with Crippen molar-refractivity contribution in [3.63, 3.8) is 0 Å². The average molecular weight is 277 g/mol. The Morgan fingerprint density at radius 3 is 2.40 bits per heavy atom. The first-order valence-corrected chi connectivity index (χ1v) is 7.43. The fourth-order valence-electron chi connectivity index (χ4n) is 2.69. The molecular formula is C16H25N2O2+. The van der Waals surface area contributed by atoms with E-state index in [1.807, 2.05) is 29.2 Å². The summed E-state index contributed by atoms with van der Waals surface area (Å²) < 4.78 is 5.12. The van der Waals surface area contributed by atoms with Crippen molar-refractivity contribution < 1.29 is 14.4 Å². The lowest BCUT2D eigenvalue weighted by Gasteiger charge is -2.35. The van der Waals surface area contributed by atoms with Crippen LogP contribution in [-0.2, 0) is 0 Å². The fourth-order valence-corrected chi connectivity index (χ4v) is 2.69. The molecule has 0 saturated carbocycles. The number of hydrogen-bond acceptors (Lipinski definition) is 2. The molecule has 1 atom stereocenters. The number of ether oxygens (including phenoxy) is 1. The Kier molecular flexibility index (Phi) is 5.01. The maximum atomic E-state index is 12.4. The molecular weight excluding hydrogens is 252 g/mol. The number of hydrogen-bond donors (Lipinski definition) is 1. The number of benzene rings is 1. The van der Waals surface area contributed by atoms with Gasteiger partial charge in [-0.2, -0.15) is 0 Å². The molecule has 20 heavy (non-hydrogen) atoms. The predicted molar refractivity (Wildman–Crippen MR) is 79.3 cm³/mol. The third-order valence-corrected chi connectivity index (χ3v) is 4.34. The highest BCUT2D eigenvalue weighted by Crippen LogP contribution is 2.13. The van der Waals surface area contributed by atoms with Gasteiger partial charge in [0.05, 0.1) is 39.3 Å². The summed E-state index contributed by atoms with van der Waals surface area (Å²) in [7, 11) is 1.63. The summed E-state index contributed by atoms with van der Waals surface area (Å²) in [6.45, 7) is 8.33. The van der Waals surface area contributed by atoms with E-state index in [0.717, 1.165) is 37.5 Å². The van der Waals surface area contributed by atoms with Crippen molar-refractivity contribution in [1.29, 1.82) is 0 Å². The molecule has 1 aromatic rings. The highest BCUT2D eigenvalue weighted by molar-refractivity contribution is 5.94. The van der Waals surface area contributed by atoms with Crippen LogP contribution in [0.2, 0.25) is 0 Å². The Hall–Kier alpha value is -1.55. The Balaban J connectivity index is 1.94. The van der Waals surface area contributed by atoms with Gasteiger partial charge in [-0.3, -0.25) is 4.79 Å². The molecule has 0 aromatic heterocycles. The molecule has 1 unspecified atom stereocenters. The Bertz CT molecular complexity index is 436. The van der Waals surface area contributed by atoms with Gasteiger partial charge in [0.15, 0.2) is 0 Å². The number of nitrogens with zero attached hydrogens (tertiary/aromatic N) is 1. The molecule has 110 valence electrons. The molecule has 0 spiro atoms. The number of carbonyl (C=O) groups excluding carboxylic acids is 1. The molecule has 1 N–H and O–H groups in total. The quantitative estimate of drug-likeness (QED) is 0.885. The van der Waals surface area contributed by atoms with Crippen LogP contribution in [0.3, 0.4) is 0 Å². The SMILES string of the molecule is CCC(C)[NH+]1CCN(C(=O)c2ccc(OC)cc2)CC1. The highest BCUT2D eigenvalue weighted by Gasteiger charge is 2.26. The molecule has 4 heteroatoms. The second kappa shape index (κ2) is 6.75. The first-order chi connectivity index (χ1) is 9.65. The second-order valence-electron chi connectivity index (χ2n) is 5.49. The maximum absolute atomic E-state index is 12.4. The van der Waals surface area contributed by atoms with Crippen LogP contribution < -0.4 is 9.64 Å². The van der Waals surface area contributed by atoms with Gasteiger partial charge in [0.25, 0.3) is 5.91 Å². The largest absolute Gasteiger partial charge is 0.497 e. The van der Waals surface area contributed by atoms with Gasteiger partial charge in [-0.25, -0.2) is 0 Å². The lowest BCUT2D eigenvalue weighted by Crippen LogP contribution is -3.17. The topological polar surface area (TPSA) is 34.0 Å². The third kappa shape index (κ3) is 3.31. The van der Waals surface area contributed by atoms with Crippen LogP contribution in [0, 0.1) is 0 Å². The van der Waals surface area contributed by atoms with E-state index >= 15 is 0 Å². The molecule has 0 aliphatic carbocycles. The van der Waals surface area contributed by atoms with Crippen molar-refractivity contribution in [2.45, 2.75) is 26.3 Å². The molecule has 1 fully saturated rings. The summed E-state index contributed by atoms with van der Waals surface area (Å²) in [5, 5.41) is 0. The van der Waals surface area contributed by atoms with E-state index in [1.54, 1.807) is 12.0 Å². The smallest absolute Gasteiger partial charge is 0.254 e. The number of methoxy groups -OCH3 is 1. The molecule has 1 aliphatic rings. The van der Waals surface area contributed by atoms with Crippen LogP contribution in [0.1, 0.15) is 30.6 Å². The molecule has 2 rings (SSSR count). The summed E-state index contributed by atoms with van der Waals surface area (Å²) in [6, 6.07) is 8.06. The average Bonchev–Trinajstić information content (AvgIpc) is 2.53. The standard InChI is InChI=1S/C16H24N2O2/c1-4-13(2)17-9-11-18(12-10-17)16(19)14-5-7-15(20-3)8-6-14/h5-8,13H,4,9-12H2,1-3H3/p+1. The summed E-state index contributed by atoms with van der Waals surface area (Å²) in [5.74, 6) is 0.920. The Morgan fingerprint density at radius 1 is 1.30 bits per heavy atom.